The lowest BCUT2D eigenvalue weighted by molar-refractivity contribution is -0.274. The Labute approximate surface area is 105 Å². The topological polar surface area (TPSA) is 58.6 Å². The number of aliphatic carboxylic acids is 1. The van der Waals surface area contributed by atoms with Crippen LogP contribution >= 0.6 is 11.6 Å². The summed E-state index contributed by atoms with van der Waals surface area (Å²) in [5.41, 5.74) is 0.161. The summed E-state index contributed by atoms with van der Waals surface area (Å²) in [5.74, 6) is -1.73. The molecule has 0 saturated heterocycles. The van der Waals surface area contributed by atoms with E-state index < -0.39 is 24.1 Å². The van der Waals surface area contributed by atoms with Gasteiger partial charge >= 0.3 is 12.3 Å². The summed E-state index contributed by atoms with van der Waals surface area (Å²) in [7, 11) is 0. The van der Waals surface area contributed by atoms with Gasteiger partial charge in [-0.05, 0) is 19.1 Å². The third-order valence-corrected chi connectivity index (χ3v) is 2.22. The van der Waals surface area contributed by atoms with Crippen LogP contribution in [0.15, 0.2) is 18.2 Å². The molecule has 1 atom stereocenters. The summed E-state index contributed by atoms with van der Waals surface area (Å²) in [5, 5.41) is 10.9. The van der Waals surface area contributed by atoms with Crippen molar-refractivity contribution < 1.29 is 27.8 Å². The van der Waals surface area contributed by atoms with Crippen molar-refractivity contribution in [1.82, 2.24) is 0 Å². The predicted molar refractivity (Wildman–Crippen MR) is 58.9 cm³/mol. The summed E-state index contributed by atoms with van der Waals surface area (Å²) in [6.07, 6.45) is -4.86. The van der Waals surface area contributed by atoms with Crippen LogP contribution in [-0.4, -0.2) is 23.5 Å². The van der Waals surface area contributed by atoms with Crippen molar-refractivity contribution >= 4 is 23.3 Å². The van der Waals surface area contributed by atoms with Crippen molar-refractivity contribution in [2.75, 3.05) is 5.32 Å². The Balaban J connectivity index is 2.90. The maximum absolute atomic E-state index is 12.0. The van der Waals surface area contributed by atoms with Gasteiger partial charge in [0.05, 0.1) is 5.02 Å². The molecule has 0 amide bonds. The van der Waals surface area contributed by atoms with Crippen LogP contribution in [0.25, 0.3) is 0 Å². The fraction of sp³-hybridized carbons (Fsp3) is 0.300. The van der Waals surface area contributed by atoms with E-state index in [1.165, 1.54) is 19.1 Å². The molecule has 0 saturated carbocycles. The van der Waals surface area contributed by atoms with Crippen LogP contribution in [0.2, 0.25) is 5.02 Å². The highest BCUT2D eigenvalue weighted by molar-refractivity contribution is 6.32. The van der Waals surface area contributed by atoms with E-state index in [2.05, 4.69) is 10.1 Å². The van der Waals surface area contributed by atoms with Crippen LogP contribution in [0.3, 0.4) is 0 Å². The molecule has 18 heavy (non-hydrogen) atoms. The number of hydrogen-bond acceptors (Lipinski definition) is 3. The summed E-state index contributed by atoms with van der Waals surface area (Å²) < 4.78 is 39.8. The predicted octanol–water partition coefficient (Wildman–Crippen LogP) is 3.12. The largest absolute Gasteiger partial charge is 0.573 e. The quantitative estimate of drug-likeness (QED) is 0.891. The Bertz CT molecular complexity index is 450. The molecule has 1 aromatic carbocycles. The van der Waals surface area contributed by atoms with Crippen LogP contribution in [0, 0.1) is 0 Å². The van der Waals surface area contributed by atoms with E-state index in [9.17, 15) is 18.0 Å². The number of ether oxygens (including phenoxy) is 1. The van der Waals surface area contributed by atoms with Crippen LogP contribution in [-0.2, 0) is 4.79 Å². The average molecular weight is 284 g/mol. The molecule has 100 valence electrons. The van der Waals surface area contributed by atoms with Crippen LogP contribution in [0.1, 0.15) is 6.92 Å². The number of nitrogens with one attached hydrogen (secondary N) is 1. The lowest BCUT2D eigenvalue weighted by Crippen LogP contribution is -2.25. The molecule has 0 radical (unpaired) electrons. The zero-order valence-corrected chi connectivity index (χ0v) is 9.84. The number of anilines is 1. The van der Waals surface area contributed by atoms with Crippen LogP contribution < -0.4 is 10.1 Å². The number of rotatable bonds is 4. The Morgan fingerprint density at radius 2 is 2.11 bits per heavy atom. The number of halogens is 4. The second-order valence-electron chi connectivity index (χ2n) is 3.40. The van der Waals surface area contributed by atoms with Gasteiger partial charge in [-0.2, -0.15) is 0 Å². The molecule has 2 N–H and O–H groups in total. The summed E-state index contributed by atoms with van der Waals surface area (Å²) in [6, 6.07) is 2.56. The highest BCUT2D eigenvalue weighted by Crippen LogP contribution is 2.32. The smallest absolute Gasteiger partial charge is 0.480 e. The van der Waals surface area contributed by atoms with Gasteiger partial charge in [0.25, 0.3) is 0 Å². The first-order valence-electron chi connectivity index (χ1n) is 4.73. The van der Waals surface area contributed by atoms with E-state index in [0.29, 0.717) is 0 Å². The third-order valence-electron chi connectivity index (χ3n) is 1.91. The maximum Gasteiger partial charge on any atom is 0.573 e. The van der Waals surface area contributed by atoms with Gasteiger partial charge in [-0.15, -0.1) is 13.2 Å². The van der Waals surface area contributed by atoms with Gasteiger partial charge in [0, 0.05) is 11.8 Å². The van der Waals surface area contributed by atoms with Gasteiger partial charge in [0.1, 0.15) is 11.8 Å². The molecule has 0 spiro atoms. The van der Waals surface area contributed by atoms with E-state index in [-0.39, 0.29) is 10.7 Å². The van der Waals surface area contributed by atoms with Crippen molar-refractivity contribution in [2.45, 2.75) is 19.3 Å². The number of carboxylic acids is 1. The molecule has 0 aliphatic rings. The zero-order chi connectivity index (χ0) is 13.9. The zero-order valence-electron chi connectivity index (χ0n) is 9.08. The summed E-state index contributed by atoms with van der Waals surface area (Å²) >= 11 is 5.53. The minimum absolute atomic E-state index is 0.161. The van der Waals surface area contributed by atoms with Gasteiger partial charge < -0.3 is 15.2 Å². The third kappa shape index (κ3) is 4.33. The molecule has 1 rings (SSSR count). The van der Waals surface area contributed by atoms with Gasteiger partial charge in [-0.3, -0.25) is 4.79 Å². The highest BCUT2D eigenvalue weighted by atomic mass is 35.5. The van der Waals surface area contributed by atoms with E-state index in [1.807, 2.05) is 0 Å². The first kappa shape index (κ1) is 14.4. The molecule has 0 bridgehead atoms. The molecule has 0 aromatic heterocycles. The van der Waals surface area contributed by atoms with Gasteiger partial charge in [0.15, 0.2) is 0 Å². The number of benzene rings is 1. The van der Waals surface area contributed by atoms with Crippen molar-refractivity contribution in [2.24, 2.45) is 0 Å². The Kier molecular flexibility index (Phi) is 4.28. The lowest BCUT2D eigenvalue weighted by Gasteiger charge is -2.14. The van der Waals surface area contributed by atoms with Crippen molar-refractivity contribution in [3.63, 3.8) is 0 Å². The SMILES string of the molecule is CC(Nc1ccc(Cl)c(OC(F)(F)F)c1)C(=O)O. The van der Waals surface area contributed by atoms with Crippen LogP contribution in [0.4, 0.5) is 18.9 Å². The minimum atomic E-state index is -4.86. The second kappa shape index (κ2) is 5.34. The van der Waals surface area contributed by atoms with Gasteiger partial charge in [0.2, 0.25) is 0 Å². The Morgan fingerprint density at radius 1 is 1.50 bits per heavy atom. The standard InChI is InChI=1S/C10H9ClF3NO3/c1-5(9(16)17)15-6-2-3-7(11)8(4-6)18-10(12,13)14/h2-5,15H,1H3,(H,16,17). The van der Waals surface area contributed by atoms with Crippen LogP contribution in [0.5, 0.6) is 5.75 Å². The first-order valence-corrected chi connectivity index (χ1v) is 5.11. The maximum atomic E-state index is 12.0. The molecule has 0 fully saturated rings. The number of carbonyl (C=O) groups is 1. The molecule has 0 aliphatic carbocycles. The van der Waals surface area contributed by atoms with Gasteiger partial charge in [-0.25, -0.2) is 0 Å². The molecular weight excluding hydrogens is 275 g/mol. The molecule has 4 nitrogen and oxygen atoms in total. The molecule has 8 heteroatoms. The number of alkyl halides is 3. The van der Waals surface area contributed by atoms with E-state index in [0.717, 1.165) is 6.07 Å². The minimum Gasteiger partial charge on any atom is -0.480 e. The number of carboxylic acid groups (broad SMARTS) is 1. The highest BCUT2D eigenvalue weighted by Gasteiger charge is 2.32. The normalized spacial score (nSPS) is 12.9. The lowest BCUT2D eigenvalue weighted by atomic mass is 10.2. The second-order valence-corrected chi connectivity index (χ2v) is 3.80. The monoisotopic (exact) mass is 283 g/mol. The molecule has 1 unspecified atom stereocenters. The Hall–Kier alpha value is -1.63. The molecule has 0 aliphatic heterocycles. The Morgan fingerprint density at radius 3 is 2.61 bits per heavy atom. The fourth-order valence-corrected chi connectivity index (χ4v) is 1.26. The number of hydrogen-bond donors (Lipinski definition) is 2. The molecule has 1 aromatic rings. The summed E-state index contributed by atoms with van der Waals surface area (Å²) in [4.78, 5) is 10.6. The molecule has 0 heterocycles. The van der Waals surface area contributed by atoms with Gasteiger partial charge in [-0.1, -0.05) is 11.6 Å². The summed E-state index contributed by atoms with van der Waals surface area (Å²) in [6.45, 7) is 1.35. The molecular formula is C10H9ClF3NO3. The van der Waals surface area contributed by atoms with E-state index in [4.69, 9.17) is 16.7 Å². The van der Waals surface area contributed by atoms with Crippen molar-refractivity contribution in [1.29, 1.82) is 0 Å². The van der Waals surface area contributed by atoms with E-state index in [1.54, 1.807) is 0 Å². The van der Waals surface area contributed by atoms with Crippen molar-refractivity contribution in [3.8, 4) is 5.75 Å². The van der Waals surface area contributed by atoms with Crippen molar-refractivity contribution in [3.05, 3.63) is 23.2 Å². The van der Waals surface area contributed by atoms with E-state index >= 15 is 0 Å². The first-order chi connectivity index (χ1) is 8.19. The fourth-order valence-electron chi connectivity index (χ4n) is 1.11. The average Bonchev–Trinajstić information content (AvgIpc) is 2.20.